The fraction of sp³-hybridized carbons (Fsp3) is 0.700. The topological polar surface area (TPSA) is 61.7 Å². The zero-order valence-corrected chi connectivity index (χ0v) is 9.67. The van der Waals surface area contributed by atoms with E-state index < -0.39 is 6.42 Å². The maximum absolute atomic E-state index is 13.9. The molecule has 0 N–H and O–H groups in total. The second-order valence-corrected chi connectivity index (χ2v) is 3.61. The van der Waals surface area contributed by atoms with Crippen molar-refractivity contribution in [2.75, 3.05) is 40.0 Å². The average molecular weight is 237 g/mol. The highest BCUT2D eigenvalue weighted by Crippen LogP contribution is 2.15. The standard InChI is InChI=1S/C10H14FN6/c1-14-4-7-15-8-16(5-2-12)10(11)17(9-15)6-3-13/h10H,5-9H2,1H3/q+1. The highest BCUT2D eigenvalue weighted by molar-refractivity contribution is 4.91. The van der Waals surface area contributed by atoms with Gasteiger partial charge in [-0.1, -0.05) is 4.85 Å². The maximum Gasteiger partial charge on any atom is 0.288 e. The third-order valence-electron chi connectivity index (χ3n) is 2.37. The van der Waals surface area contributed by atoms with E-state index in [1.54, 1.807) is 7.05 Å². The largest absolute Gasteiger partial charge is 0.288 e. The molecule has 0 bridgehead atoms. The first-order valence-corrected chi connectivity index (χ1v) is 5.13. The summed E-state index contributed by atoms with van der Waals surface area (Å²) in [5, 5.41) is 17.2. The molecule has 0 unspecified atom stereocenters. The zero-order chi connectivity index (χ0) is 12.7. The SMILES string of the molecule is C[N+]#CCN1CN(CC#N)C(F)N(CC#N)C1. The molecule has 0 radical (unpaired) electrons. The Labute approximate surface area is 99.9 Å². The summed E-state index contributed by atoms with van der Waals surface area (Å²) in [5.74, 6) is 0. The number of nitriles is 2. The Morgan fingerprint density at radius 3 is 2.12 bits per heavy atom. The molecule has 0 amide bonds. The Kier molecular flexibility index (Phi) is 5.32. The summed E-state index contributed by atoms with van der Waals surface area (Å²) in [5.41, 5.74) is 0. The average Bonchev–Trinajstić information content (AvgIpc) is 2.32. The van der Waals surface area contributed by atoms with Crippen molar-refractivity contribution in [3.63, 3.8) is 0 Å². The van der Waals surface area contributed by atoms with E-state index in [4.69, 9.17) is 10.5 Å². The molecule has 1 heterocycles. The van der Waals surface area contributed by atoms with Gasteiger partial charge in [-0.2, -0.15) is 10.5 Å². The van der Waals surface area contributed by atoms with Gasteiger partial charge in [-0.3, -0.25) is 4.90 Å². The van der Waals surface area contributed by atoms with Gasteiger partial charge in [-0.05, 0) is 0 Å². The maximum atomic E-state index is 13.9. The summed E-state index contributed by atoms with van der Waals surface area (Å²) >= 11 is 0. The molecule has 0 atom stereocenters. The molecule has 6 nitrogen and oxygen atoms in total. The molecule has 90 valence electrons. The summed E-state index contributed by atoms with van der Waals surface area (Å²) < 4.78 is 13.9. The van der Waals surface area contributed by atoms with Crippen LogP contribution >= 0.6 is 0 Å². The van der Waals surface area contributed by atoms with E-state index in [-0.39, 0.29) is 13.1 Å². The number of nitrogens with zero attached hydrogens (tertiary/aromatic N) is 6. The second kappa shape index (κ2) is 6.78. The molecule has 0 aromatic rings. The highest BCUT2D eigenvalue weighted by atomic mass is 19.1. The molecule has 0 aromatic carbocycles. The Morgan fingerprint density at radius 1 is 1.18 bits per heavy atom. The van der Waals surface area contributed by atoms with Crippen molar-refractivity contribution in [1.82, 2.24) is 14.7 Å². The first-order chi connectivity index (χ1) is 8.22. The molecule has 17 heavy (non-hydrogen) atoms. The van der Waals surface area contributed by atoms with Gasteiger partial charge >= 0.3 is 0 Å². The first kappa shape index (κ1) is 13.3. The van der Waals surface area contributed by atoms with Crippen LogP contribution in [0.5, 0.6) is 0 Å². The third-order valence-corrected chi connectivity index (χ3v) is 2.37. The van der Waals surface area contributed by atoms with Crippen LogP contribution < -0.4 is 0 Å². The number of alkyl halides is 1. The molecule has 1 fully saturated rings. The van der Waals surface area contributed by atoms with E-state index in [0.717, 1.165) is 0 Å². The van der Waals surface area contributed by atoms with Gasteiger partial charge in [0.2, 0.25) is 6.42 Å². The number of rotatable bonds is 3. The zero-order valence-electron chi connectivity index (χ0n) is 9.67. The first-order valence-electron chi connectivity index (χ1n) is 5.13. The summed E-state index contributed by atoms with van der Waals surface area (Å²) in [7, 11) is 1.61. The Bertz CT molecular complexity index is 360. The molecule has 0 aromatic heterocycles. The second-order valence-electron chi connectivity index (χ2n) is 3.61. The van der Waals surface area contributed by atoms with Crippen molar-refractivity contribution in [3.05, 3.63) is 4.85 Å². The molecule has 0 aliphatic carbocycles. The van der Waals surface area contributed by atoms with Gasteiger partial charge in [0, 0.05) is 0 Å². The minimum Gasteiger partial charge on any atom is -0.260 e. The van der Waals surface area contributed by atoms with Gasteiger partial charge in [0.15, 0.2) is 0 Å². The summed E-state index contributed by atoms with van der Waals surface area (Å²) in [4.78, 5) is 8.32. The van der Waals surface area contributed by atoms with Gasteiger partial charge in [0.25, 0.3) is 13.1 Å². The Balaban J connectivity index is 2.69. The molecule has 1 rings (SSSR count). The predicted octanol–water partition coefficient (Wildman–Crippen LogP) is 0.0840. The van der Waals surface area contributed by atoms with Crippen molar-refractivity contribution in [2.45, 2.75) is 6.42 Å². The van der Waals surface area contributed by atoms with E-state index in [9.17, 15) is 4.39 Å². The Morgan fingerprint density at radius 2 is 1.71 bits per heavy atom. The smallest absolute Gasteiger partial charge is 0.260 e. The fourth-order valence-corrected chi connectivity index (χ4v) is 1.63. The molecule has 7 heteroatoms. The lowest BCUT2D eigenvalue weighted by Crippen LogP contribution is -2.59. The quantitative estimate of drug-likeness (QED) is 0.514. The summed E-state index contributed by atoms with van der Waals surface area (Å²) in [6.07, 6.45) is -1.39. The van der Waals surface area contributed by atoms with Crippen LogP contribution in [0.4, 0.5) is 4.39 Å². The monoisotopic (exact) mass is 237 g/mol. The number of hydrogen-bond donors (Lipinski definition) is 0. The van der Waals surface area contributed by atoms with Gasteiger partial charge in [0.05, 0.1) is 38.6 Å². The molecule has 0 saturated carbocycles. The molecular formula is C10H14FN6+. The highest BCUT2D eigenvalue weighted by Gasteiger charge is 2.32. The van der Waals surface area contributed by atoms with E-state index >= 15 is 0 Å². The lowest BCUT2D eigenvalue weighted by Gasteiger charge is -2.41. The molecular weight excluding hydrogens is 223 g/mol. The van der Waals surface area contributed by atoms with Gasteiger partial charge < -0.3 is 0 Å². The van der Waals surface area contributed by atoms with Crippen molar-refractivity contribution in [2.24, 2.45) is 0 Å². The normalized spacial score (nSPS) is 19.1. The van der Waals surface area contributed by atoms with Crippen LogP contribution in [-0.4, -0.2) is 61.1 Å². The van der Waals surface area contributed by atoms with E-state index in [1.807, 2.05) is 17.0 Å². The van der Waals surface area contributed by atoms with Crippen LogP contribution in [0.2, 0.25) is 0 Å². The lowest BCUT2D eigenvalue weighted by atomic mass is 10.4. The minimum atomic E-state index is -1.39. The third kappa shape index (κ3) is 3.65. The van der Waals surface area contributed by atoms with Crippen LogP contribution in [0.25, 0.3) is 4.85 Å². The van der Waals surface area contributed by atoms with Crippen molar-refractivity contribution in [1.29, 1.82) is 10.5 Å². The molecule has 1 saturated heterocycles. The molecule has 0 spiro atoms. The van der Waals surface area contributed by atoms with E-state index in [2.05, 4.69) is 10.9 Å². The van der Waals surface area contributed by atoms with Gasteiger partial charge in [-0.25, -0.2) is 14.2 Å². The molecule has 1 aliphatic rings. The van der Waals surface area contributed by atoms with E-state index in [1.165, 1.54) is 9.80 Å². The predicted molar refractivity (Wildman–Crippen MR) is 59.1 cm³/mol. The Hall–Kier alpha value is -1.72. The summed E-state index contributed by atoms with van der Waals surface area (Å²) in [6, 6.07) is 6.59. The fourth-order valence-electron chi connectivity index (χ4n) is 1.63. The van der Waals surface area contributed by atoms with Crippen molar-refractivity contribution in [3.8, 4) is 18.2 Å². The van der Waals surface area contributed by atoms with Crippen molar-refractivity contribution >= 4 is 0 Å². The van der Waals surface area contributed by atoms with Crippen LogP contribution in [-0.2, 0) is 0 Å². The van der Waals surface area contributed by atoms with Crippen LogP contribution in [0.3, 0.4) is 0 Å². The molecule has 1 aliphatic heterocycles. The minimum absolute atomic E-state index is 0.0110. The number of hydrogen-bond acceptors (Lipinski definition) is 5. The van der Waals surface area contributed by atoms with Crippen LogP contribution in [0, 0.1) is 28.7 Å². The van der Waals surface area contributed by atoms with Crippen LogP contribution in [0.1, 0.15) is 0 Å². The van der Waals surface area contributed by atoms with Gasteiger partial charge in [0.1, 0.15) is 6.54 Å². The lowest BCUT2D eigenvalue weighted by molar-refractivity contribution is -0.130. The van der Waals surface area contributed by atoms with Crippen LogP contribution in [0.15, 0.2) is 0 Å². The van der Waals surface area contributed by atoms with Crippen molar-refractivity contribution < 1.29 is 4.39 Å². The van der Waals surface area contributed by atoms with E-state index in [0.29, 0.717) is 19.9 Å². The summed E-state index contributed by atoms with van der Waals surface area (Å²) in [6.45, 7) is 1.09. The number of halogens is 1. The van der Waals surface area contributed by atoms with Gasteiger partial charge in [-0.15, -0.1) is 0 Å².